The molecule has 0 spiro atoms. The van der Waals surface area contributed by atoms with Crippen LogP contribution >= 0.6 is 0 Å². The number of nitrogens with zero attached hydrogens (tertiary/aromatic N) is 3. The Morgan fingerprint density at radius 1 is 1.29 bits per heavy atom. The number of rotatable bonds is 5. The lowest BCUT2D eigenvalue weighted by Gasteiger charge is -2.12. The Morgan fingerprint density at radius 2 is 2.14 bits per heavy atom. The molecule has 28 heavy (non-hydrogen) atoms. The third-order valence-corrected chi connectivity index (χ3v) is 4.86. The summed E-state index contributed by atoms with van der Waals surface area (Å²) in [4.78, 5) is 27.2. The minimum atomic E-state index is -0.442. The lowest BCUT2D eigenvalue weighted by atomic mass is 10.1. The normalized spacial score (nSPS) is 15.5. The first kappa shape index (κ1) is 17.7. The van der Waals surface area contributed by atoms with Gasteiger partial charge in [0, 0.05) is 24.5 Å². The van der Waals surface area contributed by atoms with Crippen molar-refractivity contribution in [1.82, 2.24) is 14.9 Å². The lowest BCUT2D eigenvalue weighted by Crippen LogP contribution is -2.25. The van der Waals surface area contributed by atoms with Gasteiger partial charge in [0.25, 0.3) is 5.69 Å². The number of benzene rings is 2. The molecule has 7 nitrogen and oxygen atoms in total. The number of nitro groups is 1. The van der Waals surface area contributed by atoms with Crippen LogP contribution in [0.5, 0.6) is 0 Å². The number of carbonyl (C=O) groups is 1. The molecule has 0 radical (unpaired) electrons. The highest BCUT2D eigenvalue weighted by Crippen LogP contribution is 2.30. The first-order chi connectivity index (χ1) is 13.6. The number of aryl methyl sites for hydroxylation is 1. The number of fused-ring (bicyclic) bond motifs is 1. The van der Waals surface area contributed by atoms with Crippen molar-refractivity contribution < 1.29 is 9.72 Å². The molecule has 1 heterocycles. The number of nitrogens with one attached hydrogen (secondary N) is 1. The zero-order valence-electron chi connectivity index (χ0n) is 15.0. The second-order valence-corrected chi connectivity index (χ2v) is 6.61. The summed E-state index contributed by atoms with van der Waals surface area (Å²) in [6, 6.07) is 12.9. The molecule has 0 aliphatic heterocycles. The van der Waals surface area contributed by atoms with Gasteiger partial charge in [0.15, 0.2) is 0 Å². The Balaban J connectivity index is 1.49. The molecule has 0 bridgehead atoms. The van der Waals surface area contributed by atoms with E-state index in [4.69, 9.17) is 0 Å². The van der Waals surface area contributed by atoms with Crippen molar-refractivity contribution in [2.75, 3.05) is 0 Å². The van der Waals surface area contributed by atoms with Gasteiger partial charge in [0.05, 0.1) is 17.3 Å². The van der Waals surface area contributed by atoms with E-state index in [1.54, 1.807) is 35.2 Å². The van der Waals surface area contributed by atoms with Crippen molar-refractivity contribution in [1.29, 1.82) is 0 Å². The molecular weight excluding hydrogens is 356 g/mol. The molecule has 1 amide bonds. The third kappa shape index (κ3) is 3.55. The lowest BCUT2D eigenvalue weighted by molar-refractivity contribution is -0.384. The number of nitro benzene ring substituents is 1. The first-order valence-corrected chi connectivity index (χ1v) is 8.95. The van der Waals surface area contributed by atoms with Crippen molar-refractivity contribution in [3.05, 3.63) is 94.1 Å². The average Bonchev–Trinajstić information content (AvgIpc) is 3.37. The molecular formula is C21H18N4O3. The fourth-order valence-corrected chi connectivity index (χ4v) is 3.51. The maximum Gasteiger partial charge on any atom is 0.293 e. The van der Waals surface area contributed by atoms with Crippen LogP contribution in [0.15, 0.2) is 67.3 Å². The highest BCUT2D eigenvalue weighted by atomic mass is 16.6. The van der Waals surface area contributed by atoms with Crippen LogP contribution in [0.2, 0.25) is 0 Å². The monoisotopic (exact) mass is 374 g/mol. The molecule has 0 saturated heterocycles. The van der Waals surface area contributed by atoms with Crippen molar-refractivity contribution in [3.8, 4) is 5.69 Å². The van der Waals surface area contributed by atoms with Crippen LogP contribution in [-0.2, 0) is 11.2 Å². The van der Waals surface area contributed by atoms with Crippen LogP contribution in [0.4, 0.5) is 5.69 Å². The molecule has 4 rings (SSSR count). The van der Waals surface area contributed by atoms with Gasteiger partial charge in [-0.05, 0) is 41.7 Å². The summed E-state index contributed by atoms with van der Waals surface area (Å²) in [5.41, 5.74) is 3.38. The second kappa shape index (κ2) is 7.48. The summed E-state index contributed by atoms with van der Waals surface area (Å²) in [5, 5.41) is 14.4. The molecule has 0 saturated carbocycles. The SMILES string of the molecule is O=C(/C=C/c1ccc(-n2ccnc2)c([N+](=O)[O-])c1)NC1CCc2ccccc21. The van der Waals surface area contributed by atoms with Crippen molar-refractivity contribution in [3.63, 3.8) is 0 Å². The Labute approximate surface area is 161 Å². The molecule has 1 aromatic heterocycles. The molecule has 140 valence electrons. The van der Waals surface area contributed by atoms with Gasteiger partial charge in [0.1, 0.15) is 5.69 Å². The fourth-order valence-electron chi connectivity index (χ4n) is 3.51. The molecule has 1 aliphatic rings. The topological polar surface area (TPSA) is 90.1 Å². The Hall–Kier alpha value is -3.74. The van der Waals surface area contributed by atoms with Gasteiger partial charge in [-0.1, -0.05) is 30.3 Å². The van der Waals surface area contributed by atoms with Gasteiger partial charge in [-0.2, -0.15) is 0 Å². The molecule has 0 fully saturated rings. The van der Waals surface area contributed by atoms with Crippen molar-refractivity contribution in [2.45, 2.75) is 18.9 Å². The van der Waals surface area contributed by atoms with Gasteiger partial charge in [0.2, 0.25) is 5.91 Å². The number of amides is 1. The van der Waals surface area contributed by atoms with Gasteiger partial charge in [-0.25, -0.2) is 4.98 Å². The third-order valence-electron chi connectivity index (χ3n) is 4.86. The summed E-state index contributed by atoms with van der Waals surface area (Å²) < 4.78 is 1.58. The van der Waals surface area contributed by atoms with Crippen LogP contribution in [-0.4, -0.2) is 20.4 Å². The first-order valence-electron chi connectivity index (χ1n) is 8.95. The smallest absolute Gasteiger partial charge is 0.293 e. The number of hydrogen-bond acceptors (Lipinski definition) is 4. The predicted octanol–water partition coefficient (Wildman–Crippen LogP) is 3.60. The second-order valence-electron chi connectivity index (χ2n) is 6.61. The molecule has 1 aliphatic carbocycles. The van der Waals surface area contributed by atoms with E-state index in [1.165, 1.54) is 24.0 Å². The van der Waals surface area contributed by atoms with Crippen LogP contribution in [0.3, 0.4) is 0 Å². The standard InChI is InChI=1S/C21H18N4O3/c26-21(23-18-8-7-16-3-1-2-4-17(16)18)10-6-15-5-9-19(20(13-15)25(27)28)24-12-11-22-14-24/h1-6,9-14,18H,7-8H2,(H,23,26)/b10-6+. The van der Waals surface area contributed by atoms with Crippen LogP contribution in [0.1, 0.15) is 29.2 Å². The zero-order chi connectivity index (χ0) is 19.5. The van der Waals surface area contributed by atoms with Gasteiger partial charge in [-0.3, -0.25) is 14.9 Å². The largest absolute Gasteiger partial charge is 0.346 e. The summed E-state index contributed by atoms with van der Waals surface area (Å²) in [6.45, 7) is 0. The van der Waals surface area contributed by atoms with Crippen molar-refractivity contribution >= 4 is 17.7 Å². The van der Waals surface area contributed by atoms with Crippen LogP contribution in [0, 0.1) is 10.1 Å². The highest BCUT2D eigenvalue weighted by molar-refractivity contribution is 5.92. The van der Waals surface area contributed by atoms with E-state index in [-0.39, 0.29) is 17.6 Å². The van der Waals surface area contributed by atoms with E-state index in [0.29, 0.717) is 11.3 Å². The Kier molecular flexibility index (Phi) is 4.72. The van der Waals surface area contributed by atoms with E-state index >= 15 is 0 Å². The predicted molar refractivity (Wildman–Crippen MR) is 105 cm³/mol. The van der Waals surface area contributed by atoms with E-state index < -0.39 is 4.92 Å². The quantitative estimate of drug-likeness (QED) is 0.420. The Morgan fingerprint density at radius 3 is 2.93 bits per heavy atom. The molecule has 1 N–H and O–H groups in total. The van der Waals surface area contributed by atoms with Gasteiger partial charge >= 0.3 is 0 Å². The van der Waals surface area contributed by atoms with Crippen LogP contribution < -0.4 is 5.32 Å². The zero-order valence-corrected chi connectivity index (χ0v) is 15.0. The fraction of sp³-hybridized carbons (Fsp3) is 0.143. The molecule has 1 atom stereocenters. The summed E-state index contributed by atoms with van der Waals surface area (Å²) >= 11 is 0. The van der Waals surface area contributed by atoms with Crippen LogP contribution in [0.25, 0.3) is 11.8 Å². The highest BCUT2D eigenvalue weighted by Gasteiger charge is 2.22. The van der Waals surface area contributed by atoms with Gasteiger partial charge < -0.3 is 9.88 Å². The molecule has 7 heteroatoms. The summed E-state index contributed by atoms with van der Waals surface area (Å²) in [6.07, 6.45) is 9.53. The van der Waals surface area contributed by atoms with E-state index in [2.05, 4.69) is 16.4 Å². The molecule has 2 aromatic carbocycles. The number of aromatic nitrogens is 2. The minimum absolute atomic E-state index is 0.00584. The number of imidazole rings is 1. The van der Waals surface area contributed by atoms with Crippen molar-refractivity contribution in [2.24, 2.45) is 0 Å². The molecule has 3 aromatic rings. The van der Waals surface area contributed by atoms with E-state index in [1.807, 2.05) is 18.2 Å². The van der Waals surface area contributed by atoms with E-state index in [9.17, 15) is 14.9 Å². The maximum atomic E-state index is 12.3. The number of hydrogen-bond donors (Lipinski definition) is 1. The average molecular weight is 374 g/mol. The summed E-state index contributed by atoms with van der Waals surface area (Å²) in [7, 11) is 0. The maximum absolute atomic E-state index is 12.3. The number of carbonyl (C=O) groups excluding carboxylic acids is 1. The van der Waals surface area contributed by atoms with E-state index in [0.717, 1.165) is 18.4 Å². The van der Waals surface area contributed by atoms with Gasteiger partial charge in [-0.15, -0.1) is 0 Å². The minimum Gasteiger partial charge on any atom is -0.346 e. The Bertz CT molecular complexity index is 1060. The summed E-state index contributed by atoms with van der Waals surface area (Å²) in [5.74, 6) is -0.219. The molecule has 1 unspecified atom stereocenters.